The summed E-state index contributed by atoms with van der Waals surface area (Å²) in [5, 5.41) is 2.68. The number of nitrogens with one attached hydrogen (secondary N) is 1. The fraction of sp³-hybridized carbons (Fsp3) is 0.259. The normalized spacial score (nSPS) is 11.6. The molecule has 0 saturated heterocycles. The minimum Gasteiger partial charge on any atom is -0.357 e. The molecule has 172 valence electrons. The van der Waals surface area contributed by atoms with Gasteiger partial charge in [-0.2, -0.15) is 0 Å². The highest BCUT2D eigenvalue weighted by Gasteiger charge is 2.30. The van der Waals surface area contributed by atoms with E-state index in [9.17, 15) is 14.0 Å². The van der Waals surface area contributed by atoms with Crippen LogP contribution in [0.5, 0.6) is 0 Å². The first-order valence-corrected chi connectivity index (χ1v) is 12.0. The van der Waals surface area contributed by atoms with Gasteiger partial charge >= 0.3 is 0 Å². The Labute approximate surface area is 199 Å². The summed E-state index contributed by atoms with van der Waals surface area (Å²) in [6.07, 6.45) is 0.350. The minimum atomic E-state index is -0.746. The number of carbonyl (C=O) groups is 2. The third-order valence-electron chi connectivity index (χ3n) is 5.39. The number of halogens is 1. The predicted octanol–water partition coefficient (Wildman–Crippen LogP) is 4.75. The van der Waals surface area contributed by atoms with Crippen LogP contribution in [-0.2, 0) is 28.3 Å². The Balaban J connectivity index is 1.82. The van der Waals surface area contributed by atoms with E-state index in [2.05, 4.69) is 11.4 Å². The lowest BCUT2D eigenvalue weighted by atomic mass is 10.0. The van der Waals surface area contributed by atoms with Crippen LogP contribution in [0.15, 0.2) is 78.9 Å². The first-order chi connectivity index (χ1) is 16.0. The highest BCUT2D eigenvalue weighted by molar-refractivity contribution is 7.99. The Morgan fingerprint density at radius 3 is 2.36 bits per heavy atom. The summed E-state index contributed by atoms with van der Waals surface area (Å²) < 4.78 is 14.5. The number of rotatable bonds is 10. The molecular weight excluding hydrogens is 435 g/mol. The number of likely N-dealkylation sites (N-methyl/N-ethyl adjacent to an activating group) is 1. The van der Waals surface area contributed by atoms with Crippen molar-refractivity contribution in [3.05, 3.63) is 107 Å². The van der Waals surface area contributed by atoms with Crippen LogP contribution in [0.3, 0.4) is 0 Å². The molecule has 0 fully saturated rings. The summed E-state index contributed by atoms with van der Waals surface area (Å²) in [7, 11) is 1.55. The van der Waals surface area contributed by atoms with Gasteiger partial charge < -0.3 is 10.2 Å². The standard InChI is InChI=1S/C27H29FN2O2S/c1-20-9-8-12-22(15-20)18-33-19-26(31)30(17-23-13-6-7-14-24(23)28)25(27(32)29-2)16-21-10-4-3-5-11-21/h3-15,25H,16-19H2,1-2H3,(H,29,32). The summed E-state index contributed by atoms with van der Waals surface area (Å²) in [5.41, 5.74) is 3.63. The summed E-state index contributed by atoms with van der Waals surface area (Å²) >= 11 is 1.49. The molecule has 3 aromatic carbocycles. The number of carbonyl (C=O) groups excluding carboxylic acids is 2. The van der Waals surface area contributed by atoms with Crippen LogP contribution < -0.4 is 5.32 Å². The second-order valence-corrected chi connectivity index (χ2v) is 8.90. The van der Waals surface area contributed by atoms with Crippen molar-refractivity contribution < 1.29 is 14.0 Å². The third-order valence-corrected chi connectivity index (χ3v) is 6.38. The van der Waals surface area contributed by atoms with Crippen LogP contribution in [0.25, 0.3) is 0 Å². The van der Waals surface area contributed by atoms with E-state index in [-0.39, 0.29) is 24.1 Å². The van der Waals surface area contributed by atoms with Crippen molar-refractivity contribution >= 4 is 23.6 Å². The van der Waals surface area contributed by atoms with E-state index in [1.165, 1.54) is 28.3 Å². The highest BCUT2D eigenvalue weighted by Crippen LogP contribution is 2.20. The minimum absolute atomic E-state index is 0.0292. The maximum Gasteiger partial charge on any atom is 0.242 e. The van der Waals surface area contributed by atoms with Crippen LogP contribution in [0.1, 0.15) is 22.3 Å². The van der Waals surface area contributed by atoms with Gasteiger partial charge in [-0.1, -0.05) is 78.4 Å². The monoisotopic (exact) mass is 464 g/mol. The molecule has 0 aliphatic carbocycles. The molecule has 0 bridgehead atoms. The number of hydrogen-bond donors (Lipinski definition) is 1. The largest absolute Gasteiger partial charge is 0.357 e. The summed E-state index contributed by atoms with van der Waals surface area (Å²) in [6.45, 7) is 2.06. The Kier molecular flexibility index (Phi) is 9.07. The number of aryl methyl sites for hydroxylation is 1. The lowest BCUT2D eigenvalue weighted by Gasteiger charge is -2.31. The maximum absolute atomic E-state index is 14.5. The zero-order chi connectivity index (χ0) is 23.6. The summed E-state index contributed by atoms with van der Waals surface area (Å²) in [4.78, 5) is 27.7. The van der Waals surface area contributed by atoms with Crippen molar-refractivity contribution in [3.63, 3.8) is 0 Å². The second-order valence-electron chi connectivity index (χ2n) is 7.91. The van der Waals surface area contributed by atoms with Crippen molar-refractivity contribution in [2.75, 3.05) is 12.8 Å². The van der Waals surface area contributed by atoms with Crippen molar-refractivity contribution in [1.82, 2.24) is 10.2 Å². The molecular formula is C27H29FN2O2S. The maximum atomic E-state index is 14.5. The Morgan fingerprint density at radius 1 is 0.970 bits per heavy atom. The SMILES string of the molecule is CNC(=O)C(Cc1ccccc1)N(Cc1ccccc1F)C(=O)CSCc1cccc(C)c1. The number of benzene rings is 3. The van der Waals surface area contributed by atoms with E-state index < -0.39 is 11.9 Å². The number of amides is 2. The molecule has 1 unspecified atom stereocenters. The van der Waals surface area contributed by atoms with E-state index >= 15 is 0 Å². The van der Waals surface area contributed by atoms with Gasteiger partial charge in [0.05, 0.1) is 5.75 Å². The van der Waals surface area contributed by atoms with Crippen LogP contribution in [-0.4, -0.2) is 35.6 Å². The average molecular weight is 465 g/mol. The number of hydrogen-bond acceptors (Lipinski definition) is 3. The molecule has 1 N–H and O–H groups in total. The topological polar surface area (TPSA) is 49.4 Å². The molecule has 0 radical (unpaired) electrons. The van der Waals surface area contributed by atoms with Crippen LogP contribution >= 0.6 is 11.8 Å². The number of thioether (sulfide) groups is 1. The molecule has 1 atom stereocenters. The summed E-state index contributed by atoms with van der Waals surface area (Å²) in [6, 6.07) is 23.3. The molecule has 0 aliphatic rings. The van der Waals surface area contributed by atoms with Gasteiger partial charge in [0.25, 0.3) is 0 Å². The molecule has 3 rings (SSSR count). The van der Waals surface area contributed by atoms with Crippen molar-refractivity contribution in [3.8, 4) is 0 Å². The van der Waals surface area contributed by atoms with Crippen molar-refractivity contribution in [2.45, 2.75) is 31.7 Å². The van der Waals surface area contributed by atoms with Gasteiger partial charge in [-0.15, -0.1) is 11.8 Å². The van der Waals surface area contributed by atoms with E-state index in [0.29, 0.717) is 17.7 Å². The van der Waals surface area contributed by atoms with E-state index in [4.69, 9.17) is 0 Å². The zero-order valence-electron chi connectivity index (χ0n) is 19.0. The Bertz CT molecular complexity index is 1070. The van der Waals surface area contributed by atoms with Gasteiger partial charge in [0.2, 0.25) is 11.8 Å². The first kappa shape index (κ1) is 24.5. The second kappa shape index (κ2) is 12.2. The first-order valence-electron chi connectivity index (χ1n) is 10.9. The zero-order valence-corrected chi connectivity index (χ0v) is 19.8. The van der Waals surface area contributed by atoms with Crippen molar-refractivity contribution in [1.29, 1.82) is 0 Å². The fourth-order valence-corrected chi connectivity index (χ4v) is 4.53. The van der Waals surface area contributed by atoms with Gasteiger partial charge in [0.15, 0.2) is 0 Å². The van der Waals surface area contributed by atoms with Gasteiger partial charge in [-0.3, -0.25) is 9.59 Å². The summed E-state index contributed by atoms with van der Waals surface area (Å²) in [5.74, 6) is 0.0281. The molecule has 0 spiro atoms. The van der Waals surface area contributed by atoms with Gasteiger partial charge in [0, 0.05) is 31.3 Å². The Morgan fingerprint density at radius 2 is 1.67 bits per heavy atom. The molecule has 0 saturated carbocycles. The quantitative estimate of drug-likeness (QED) is 0.471. The molecule has 3 aromatic rings. The van der Waals surface area contributed by atoms with Crippen molar-refractivity contribution in [2.24, 2.45) is 0 Å². The smallest absolute Gasteiger partial charge is 0.242 e. The molecule has 33 heavy (non-hydrogen) atoms. The molecule has 0 aromatic heterocycles. The molecule has 2 amide bonds. The fourth-order valence-electron chi connectivity index (χ4n) is 3.67. The average Bonchev–Trinajstić information content (AvgIpc) is 2.82. The molecule has 0 heterocycles. The molecule has 6 heteroatoms. The van der Waals surface area contributed by atoms with E-state index in [1.807, 2.05) is 55.5 Å². The molecule has 0 aliphatic heterocycles. The van der Waals surface area contributed by atoms with Crippen LogP contribution in [0, 0.1) is 12.7 Å². The lowest BCUT2D eigenvalue weighted by molar-refractivity contribution is -0.139. The van der Waals surface area contributed by atoms with E-state index in [0.717, 1.165) is 11.1 Å². The van der Waals surface area contributed by atoms with Crippen LogP contribution in [0.4, 0.5) is 4.39 Å². The van der Waals surface area contributed by atoms with Gasteiger partial charge in [-0.05, 0) is 24.1 Å². The van der Waals surface area contributed by atoms with E-state index in [1.54, 1.807) is 25.2 Å². The highest BCUT2D eigenvalue weighted by atomic mass is 32.2. The third kappa shape index (κ3) is 7.19. The number of nitrogens with zero attached hydrogens (tertiary/aromatic N) is 1. The van der Waals surface area contributed by atoms with Gasteiger partial charge in [-0.25, -0.2) is 4.39 Å². The van der Waals surface area contributed by atoms with Crippen LogP contribution in [0.2, 0.25) is 0 Å². The Hall–Kier alpha value is -3.12. The van der Waals surface area contributed by atoms with Gasteiger partial charge in [0.1, 0.15) is 11.9 Å². The predicted molar refractivity (Wildman–Crippen MR) is 132 cm³/mol. The lowest BCUT2D eigenvalue weighted by Crippen LogP contribution is -2.50. The molecule has 4 nitrogen and oxygen atoms in total.